The Labute approximate surface area is 182 Å². The van der Waals surface area contributed by atoms with Gasteiger partial charge in [0.05, 0.1) is 17.6 Å². The van der Waals surface area contributed by atoms with Gasteiger partial charge in [-0.25, -0.2) is 4.98 Å². The predicted molar refractivity (Wildman–Crippen MR) is 119 cm³/mol. The van der Waals surface area contributed by atoms with Gasteiger partial charge in [0.25, 0.3) is 5.91 Å². The zero-order valence-corrected chi connectivity index (χ0v) is 17.9. The van der Waals surface area contributed by atoms with E-state index in [0.29, 0.717) is 18.9 Å². The minimum absolute atomic E-state index is 0.0767. The van der Waals surface area contributed by atoms with E-state index in [0.717, 1.165) is 42.3 Å². The summed E-state index contributed by atoms with van der Waals surface area (Å²) in [6, 6.07) is 17.8. The monoisotopic (exact) mass is 416 g/mol. The first-order valence-electron chi connectivity index (χ1n) is 11.2. The normalized spacial score (nSPS) is 21.8. The fourth-order valence-electron chi connectivity index (χ4n) is 4.93. The Bertz CT molecular complexity index is 1120. The molecule has 1 atom stereocenters. The summed E-state index contributed by atoms with van der Waals surface area (Å²) >= 11 is 0. The van der Waals surface area contributed by atoms with Gasteiger partial charge in [0, 0.05) is 12.6 Å². The minimum Gasteiger partial charge on any atom is -0.351 e. The third kappa shape index (κ3) is 3.50. The maximum absolute atomic E-state index is 13.7. The van der Waals surface area contributed by atoms with E-state index < -0.39 is 5.54 Å². The van der Waals surface area contributed by atoms with Crippen molar-refractivity contribution in [3.8, 4) is 0 Å². The van der Waals surface area contributed by atoms with Crippen molar-refractivity contribution in [2.75, 3.05) is 0 Å². The zero-order chi connectivity index (χ0) is 21.4. The smallest absolute Gasteiger partial charge is 0.291 e. The SMILES string of the molecule is CC1(C(=O)NC2CCCCC2)Cn2c(nc3ccccc32)C(=O)N1Cc1ccccc1. The van der Waals surface area contributed by atoms with Crippen molar-refractivity contribution >= 4 is 22.8 Å². The molecule has 1 fully saturated rings. The third-order valence-electron chi connectivity index (χ3n) is 6.77. The topological polar surface area (TPSA) is 67.2 Å². The largest absolute Gasteiger partial charge is 0.351 e. The van der Waals surface area contributed by atoms with Crippen molar-refractivity contribution in [2.24, 2.45) is 0 Å². The Hall–Kier alpha value is -3.15. The molecule has 31 heavy (non-hydrogen) atoms. The lowest BCUT2D eigenvalue weighted by atomic mass is 9.91. The molecule has 1 aromatic heterocycles. The van der Waals surface area contributed by atoms with Crippen molar-refractivity contribution < 1.29 is 9.59 Å². The summed E-state index contributed by atoms with van der Waals surface area (Å²) < 4.78 is 1.92. The summed E-state index contributed by atoms with van der Waals surface area (Å²) in [7, 11) is 0. The van der Waals surface area contributed by atoms with Crippen molar-refractivity contribution in [3.63, 3.8) is 0 Å². The molecular formula is C25H28N4O2. The highest BCUT2D eigenvalue weighted by Gasteiger charge is 2.48. The van der Waals surface area contributed by atoms with Crippen LogP contribution in [0.3, 0.4) is 0 Å². The second-order valence-corrected chi connectivity index (χ2v) is 8.97. The number of benzene rings is 2. The van der Waals surface area contributed by atoms with Gasteiger partial charge < -0.3 is 14.8 Å². The molecule has 1 aliphatic carbocycles. The number of imidazole rings is 1. The molecule has 6 heteroatoms. The number of aromatic nitrogens is 2. The second-order valence-electron chi connectivity index (χ2n) is 8.97. The Morgan fingerprint density at radius 1 is 1.06 bits per heavy atom. The predicted octanol–water partition coefficient (Wildman–Crippen LogP) is 3.90. The van der Waals surface area contributed by atoms with Gasteiger partial charge in [-0.3, -0.25) is 9.59 Å². The molecule has 1 saturated carbocycles. The number of nitrogens with one attached hydrogen (secondary N) is 1. The lowest BCUT2D eigenvalue weighted by Crippen LogP contribution is -2.64. The highest BCUT2D eigenvalue weighted by Crippen LogP contribution is 2.32. The lowest BCUT2D eigenvalue weighted by molar-refractivity contribution is -0.134. The van der Waals surface area contributed by atoms with Crippen LogP contribution in [0.4, 0.5) is 0 Å². The van der Waals surface area contributed by atoms with Gasteiger partial charge in [-0.2, -0.15) is 0 Å². The van der Waals surface area contributed by atoms with Crippen LogP contribution >= 0.6 is 0 Å². The number of fused-ring (bicyclic) bond motifs is 3. The van der Waals surface area contributed by atoms with E-state index in [1.54, 1.807) is 4.90 Å². The maximum atomic E-state index is 13.7. The zero-order valence-electron chi connectivity index (χ0n) is 17.9. The van der Waals surface area contributed by atoms with Gasteiger partial charge >= 0.3 is 0 Å². The average Bonchev–Trinajstić information content (AvgIpc) is 3.16. The number of nitrogens with zero attached hydrogens (tertiary/aromatic N) is 3. The van der Waals surface area contributed by atoms with Gasteiger partial charge in [0.2, 0.25) is 5.91 Å². The van der Waals surface area contributed by atoms with Crippen molar-refractivity contribution in [3.05, 3.63) is 66.0 Å². The number of amides is 2. The molecule has 1 unspecified atom stereocenters. The fourth-order valence-corrected chi connectivity index (χ4v) is 4.93. The molecule has 5 rings (SSSR count). The fraction of sp³-hybridized carbons (Fsp3) is 0.400. The van der Waals surface area contributed by atoms with Crippen molar-refractivity contribution in [1.82, 2.24) is 19.8 Å². The Balaban J connectivity index is 1.55. The quantitative estimate of drug-likeness (QED) is 0.701. The van der Waals surface area contributed by atoms with Crippen LogP contribution in [-0.4, -0.2) is 37.8 Å². The number of para-hydroxylation sites is 2. The molecule has 6 nitrogen and oxygen atoms in total. The second kappa shape index (κ2) is 7.84. The van der Waals surface area contributed by atoms with Gasteiger partial charge in [-0.1, -0.05) is 61.7 Å². The molecule has 1 aliphatic heterocycles. The Kier molecular flexibility index (Phi) is 5.00. The first-order chi connectivity index (χ1) is 15.1. The number of hydrogen-bond acceptors (Lipinski definition) is 3. The number of rotatable bonds is 4. The number of carbonyl (C=O) groups is 2. The highest BCUT2D eigenvalue weighted by atomic mass is 16.2. The maximum Gasteiger partial charge on any atom is 0.291 e. The Morgan fingerprint density at radius 2 is 1.77 bits per heavy atom. The molecule has 2 amide bonds. The van der Waals surface area contributed by atoms with Gasteiger partial charge in [0.15, 0.2) is 5.82 Å². The Morgan fingerprint density at radius 3 is 2.55 bits per heavy atom. The summed E-state index contributed by atoms with van der Waals surface area (Å²) in [6.07, 6.45) is 5.53. The van der Waals surface area contributed by atoms with Crippen LogP contribution in [0.15, 0.2) is 54.6 Å². The molecule has 2 aliphatic rings. The molecular weight excluding hydrogens is 388 g/mol. The molecule has 0 radical (unpaired) electrons. The van der Waals surface area contributed by atoms with Crippen molar-refractivity contribution in [1.29, 1.82) is 0 Å². The van der Waals surface area contributed by atoms with E-state index in [4.69, 9.17) is 0 Å². The van der Waals surface area contributed by atoms with Crippen LogP contribution in [0.2, 0.25) is 0 Å². The number of hydrogen-bond donors (Lipinski definition) is 1. The van der Waals surface area contributed by atoms with Gasteiger partial charge in [-0.05, 0) is 37.5 Å². The molecule has 1 N–H and O–H groups in total. The summed E-state index contributed by atoms with van der Waals surface area (Å²) in [6.45, 7) is 2.65. The molecule has 3 aromatic rings. The molecule has 160 valence electrons. The minimum atomic E-state index is -0.999. The third-order valence-corrected chi connectivity index (χ3v) is 6.77. The van der Waals surface area contributed by atoms with Crippen molar-refractivity contribution in [2.45, 2.75) is 63.7 Å². The van der Waals surface area contributed by atoms with E-state index in [1.165, 1.54) is 6.42 Å². The molecule has 2 aromatic carbocycles. The van der Waals surface area contributed by atoms with Crippen LogP contribution in [0.1, 0.15) is 55.2 Å². The first-order valence-corrected chi connectivity index (χ1v) is 11.2. The van der Waals surface area contributed by atoms with Crippen LogP contribution in [0.25, 0.3) is 11.0 Å². The summed E-state index contributed by atoms with van der Waals surface area (Å²) in [5.41, 5.74) is 1.67. The van der Waals surface area contributed by atoms with Crippen LogP contribution < -0.4 is 5.32 Å². The summed E-state index contributed by atoms with van der Waals surface area (Å²) in [5, 5.41) is 3.27. The van der Waals surface area contributed by atoms with Gasteiger partial charge in [0.1, 0.15) is 5.54 Å². The van der Waals surface area contributed by atoms with E-state index in [1.807, 2.05) is 66.1 Å². The average molecular weight is 417 g/mol. The summed E-state index contributed by atoms with van der Waals surface area (Å²) in [5.74, 6) is 0.125. The van der Waals surface area contributed by atoms with Crippen LogP contribution in [0, 0.1) is 0 Å². The van der Waals surface area contributed by atoms with Crippen LogP contribution in [-0.2, 0) is 17.9 Å². The van der Waals surface area contributed by atoms with E-state index in [9.17, 15) is 9.59 Å². The van der Waals surface area contributed by atoms with E-state index in [2.05, 4.69) is 10.3 Å². The summed E-state index contributed by atoms with van der Waals surface area (Å²) in [4.78, 5) is 33.6. The standard InChI is InChI=1S/C25H28N4O2/c1-25(24(31)26-19-12-6-3-7-13-19)17-28-21-15-9-8-14-20(21)27-22(28)23(30)29(25)16-18-10-4-2-5-11-18/h2,4-5,8-11,14-15,19H,3,6-7,12-13,16-17H2,1H3,(H,26,31). The van der Waals surface area contributed by atoms with Crippen LogP contribution in [0.5, 0.6) is 0 Å². The van der Waals surface area contributed by atoms with Gasteiger partial charge in [-0.15, -0.1) is 0 Å². The lowest BCUT2D eigenvalue weighted by Gasteiger charge is -2.44. The first kappa shape index (κ1) is 19.8. The van der Waals surface area contributed by atoms with E-state index in [-0.39, 0.29) is 17.9 Å². The van der Waals surface area contributed by atoms with E-state index >= 15 is 0 Å². The molecule has 0 saturated heterocycles. The molecule has 2 heterocycles. The molecule has 0 spiro atoms. The highest BCUT2D eigenvalue weighted by molar-refractivity contribution is 6.01. The number of carbonyl (C=O) groups excluding carboxylic acids is 2. The molecule has 0 bridgehead atoms.